The zero-order valence-electron chi connectivity index (χ0n) is 14.7. The molecule has 0 atom stereocenters. The predicted molar refractivity (Wildman–Crippen MR) is 99.0 cm³/mol. The fourth-order valence-corrected chi connectivity index (χ4v) is 4.15. The van der Waals surface area contributed by atoms with Gasteiger partial charge in [-0.2, -0.15) is 0 Å². The summed E-state index contributed by atoms with van der Waals surface area (Å²) in [5.74, 6) is -0.372. The molecule has 146 valence electrons. The molecule has 0 saturated carbocycles. The standard InChI is InChI=1S/C17H16N4O6S/c1-11-14(21(24)25)6-3-7-15(11)28(26,27)19-13-5-2-4-12(8-13)10-20-16(22)9-18-17(20)23/h2-8,19H,9-10H2,1H3,(H,18,23). The van der Waals surface area contributed by atoms with Crippen LogP contribution in [0.1, 0.15) is 11.1 Å². The monoisotopic (exact) mass is 404 g/mol. The van der Waals surface area contributed by atoms with Crippen molar-refractivity contribution in [2.45, 2.75) is 18.4 Å². The molecule has 0 aliphatic carbocycles. The number of hydrogen-bond donors (Lipinski definition) is 2. The van der Waals surface area contributed by atoms with Crippen LogP contribution in [0, 0.1) is 17.0 Å². The van der Waals surface area contributed by atoms with Crippen molar-refractivity contribution < 1.29 is 22.9 Å². The van der Waals surface area contributed by atoms with Crippen LogP contribution in [0.2, 0.25) is 0 Å². The highest BCUT2D eigenvalue weighted by atomic mass is 32.2. The molecule has 3 rings (SSSR count). The Morgan fingerprint density at radius 3 is 2.57 bits per heavy atom. The highest BCUT2D eigenvalue weighted by Gasteiger charge is 2.28. The molecule has 28 heavy (non-hydrogen) atoms. The maximum atomic E-state index is 12.7. The van der Waals surface area contributed by atoms with Gasteiger partial charge in [-0.25, -0.2) is 13.2 Å². The second kappa shape index (κ2) is 7.27. The van der Waals surface area contributed by atoms with Crippen molar-refractivity contribution in [1.29, 1.82) is 0 Å². The minimum Gasteiger partial charge on any atom is -0.329 e. The van der Waals surface area contributed by atoms with E-state index in [9.17, 15) is 28.1 Å². The molecular formula is C17H16N4O6S. The largest absolute Gasteiger partial charge is 0.329 e. The van der Waals surface area contributed by atoms with Crippen molar-refractivity contribution >= 4 is 33.3 Å². The molecule has 1 aliphatic heterocycles. The summed E-state index contributed by atoms with van der Waals surface area (Å²) in [6, 6.07) is 9.51. The number of nitro groups is 1. The van der Waals surface area contributed by atoms with Gasteiger partial charge in [-0.1, -0.05) is 18.2 Å². The molecule has 2 aromatic rings. The molecule has 1 fully saturated rings. The predicted octanol–water partition coefficient (Wildman–Crippen LogP) is 1.76. The molecular weight excluding hydrogens is 388 g/mol. The van der Waals surface area contributed by atoms with Crippen molar-refractivity contribution in [3.05, 3.63) is 63.7 Å². The SMILES string of the molecule is Cc1c([N+](=O)[O-])cccc1S(=O)(=O)Nc1cccc(CN2C(=O)CNC2=O)c1. The molecule has 2 aromatic carbocycles. The fourth-order valence-electron chi connectivity index (χ4n) is 2.83. The van der Waals surface area contributed by atoms with Gasteiger partial charge >= 0.3 is 6.03 Å². The third-order valence-electron chi connectivity index (χ3n) is 4.20. The van der Waals surface area contributed by atoms with E-state index in [1.54, 1.807) is 12.1 Å². The summed E-state index contributed by atoms with van der Waals surface area (Å²) in [5, 5.41) is 13.5. The summed E-state index contributed by atoms with van der Waals surface area (Å²) >= 11 is 0. The first kappa shape index (κ1) is 19.3. The van der Waals surface area contributed by atoms with Crippen molar-refractivity contribution in [3.8, 4) is 0 Å². The van der Waals surface area contributed by atoms with Gasteiger partial charge in [0.25, 0.3) is 15.7 Å². The molecule has 0 radical (unpaired) electrons. The van der Waals surface area contributed by atoms with Crippen LogP contribution in [-0.4, -0.2) is 36.7 Å². The number of nitro benzene ring substituents is 1. The number of amides is 3. The lowest BCUT2D eigenvalue weighted by Crippen LogP contribution is -2.30. The summed E-state index contributed by atoms with van der Waals surface area (Å²) in [6.45, 7) is 1.29. The third-order valence-corrected chi connectivity index (χ3v) is 5.72. The lowest BCUT2D eigenvalue weighted by Gasteiger charge is -2.14. The van der Waals surface area contributed by atoms with Crippen molar-refractivity contribution in [3.63, 3.8) is 0 Å². The Balaban J connectivity index is 1.86. The van der Waals surface area contributed by atoms with Gasteiger partial charge < -0.3 is 5.32 Å². The third kappa shape index (κ3) is 3.78. The minimum atomic E-state index is -4.08. The lowest BCUT2D eigenvalue weighted by molar-refractivity contribution is -0.385. The first-order valence-electron chi connectivity index (χ1n) is 8.13. The highest BCUT2D eigenvalue weighted by molar-refractivity contribution is 7.92. The number of anilines is 1. The molecule has 1 aliphatic rings. The van der Waals surface area contributed by atoms with E-state index in [2.05, 4.69) is 10.0 Å². The average Bonchev–Trinajstić information content (AvgIpc) is 2.93. The van der Waals surface area contributed by atoms with Crippen LogP contribution < -0.4 is 10.0 Å². The molecule has 0 aromatic heterocycles. The summed E-state index contributed by atoms with van der Waals surface area (Å²) in [5.41, 5.74) is 0.475. The number of rotatable bonds is 6. The number of carbonyl (C=O) groups excluding carboxylic acids is 2. The zero-order valence-corrected chi connectivity index (χ0v) is 15.5. The molecule has 0 bridgehead atoms. The number of sulfonamides is 1. The van der Waals surface area contributed by atoms with E-state index in [4.69, 9.17) is 0 Å². The summed E-state index contributed by atoms with van der Waals surface area (Å²) in [6.07, 6.45) is 0. The summed E-state index contributed by atoms with van der Waals surface area (Å²) < 4.78 is 27.8. The molecule has 10 nitrogen and oxygen atoms in total. The van der Waals surface area contributed by atoms with Gasteiger partial charge in [0.05, 0.1) is 22.9 Å². The fraction of sp³-hybridized carbons (Fsp3) is 0.176. The molecule has 3 amide bonds. The highest BCUT2D eigenvalue weighted by Crippen LogP contribution is 2.26. The van der Waals surface area contributed by atoms with Crippen molar-refractivity contribution in [1.82, 2.24) is 10.2 Å². The number of benzene rings is 2. The normalized spacial score (nSPS) is 14.1. The Bertz CT molecular complexity index is 1070. The summed E-state index contributed by atoms with van der Waals surface area (Å²) in [4.78, 5) is 34.5. The Labute approximate surface area is 160 Å². The van der Waals surface area contributed by atoms with E-state index >= 15 is 0 Å². The second-order valence-electron chi connectivity index (χ2n) is 6.10. The number of hydrogen-bond acceptors (Lipinski definition) is 6. The summed E-state index contributed by atoms with van der Waals surface area (Å²) in [7, 11) is -4.08. The molecule has 1 saturated heterocycles. The average molecular weight is 404 g/mol. The molecule has 1 heterocycles. The maximum Gasteiger partial charge on any atom is 0.324 e. The minimum absolute atomic E-state index is 0.00390. The van der Waals surface area contributed by atoms with E-state index in [1.165, 1.54) is 37.3 Å². The van der Waals surface area contributed by atoms with Gasteiger partial charge in [0, 0.05) is 17.3 Å². The van der Waals surface area contributed by atoms with Gasteiger partial charge in [-0.05, 0) is 30.7 Å². The van der Waals surface area contributed by atoms with Crippen molar-refractivity contribution in [2.24, 2.45) is 0 Å². The zero-order chi connectivity index (χ0) is 20.5. The van der Waals surface area contributed by atoms with E-state index in [-0.39, 0.29) is 40.8 Å². The number of urea groups is 1. The molecule has 2 N–H and O–H groups in total. The van der Waals surface area contributed by atoms with E-state index in [1.807, 2.05) is 0 Å². The van der Waals surface area contributed by atoms with Gasteiger partial charge in [0.2, 0.25) is 5.91 Å². The number of nitrogens with zero attached hydrogens (tertiary/aromatic N) is 2. The van der Waals surface area contributed by atoms with Crippen LogP contribution in [0.15, 0.2) is 47.4 Å². The van der Waals surface area contributed by atoms with Gasteiger partial charge in [0.15, 0.2) is 0 Å². The number of carbonyl (C=O) groups is 2. The molecule has 11 heteroatoms. The Morgan fingerprint density at radius 1 is 1.21 bits per heavy atom. The quantitative estimate of drug-likeness (QED) is 0.427. The Hall–Kier alpha value is -3.47. The Morgan fingerprint density at radius 2 is 1.93 bits per heavy atom. The molecule has 0 unspecified atom stereocenters. The van der Waals surface area contributed by atoms with E-state index < -0.39 is 21.0 Å². The lowest BCUT2D eigenvalue weighted by atomic mass is 10.2. The first-order chi connectivity index (χ1) is 13.2. The van der Waals surface area contributed by atoms with Crippen LogP contribution in [0.5, 0.6) is 0 Å². The smallest absolute Gasteiger partial charge is 0.324 e. The second-order valence-corrected chi connectivity index (χ2v) is 7.75. The van der Waals surface area contributed by atoms with Crippen molar-refractivity contribution in [2.75, 3.05) is 11.3 Å². The van der Waals surface area contributed by atoms with E-state index in [0.717, 1.165) is 4.90 Å². The van der Waals surface area contributed by atoms with Crippen LogP contribution in [-0.2, 0) is 21.4 Å². The van der Waals surface area contributed by atoms with Crippen LogP contribution in [0.4, 0.5) is 16.2 Å². The van der Waals surface area contributed by atoms with E-state index in [0.29, 0.717) is 5.56 Å². The van der Waals surface area contributed by atoms with Crippen LogP contribution in [0.25, 0.3) is 0 Å². The van der Waals surface area contributed by atoms with Gasteiger partial charge in [0.1, 0.15) is 0 Å². The first-order valence-corrected chi connectivity index (χ1v) is 9.61. The van der Waals surface area contributed by atoms with Crippen LogP contribution >= 0.6 is 0 Å². The Kier molecular flexibility index (Phi) is 5.01. The number of imide groups is 1. The van der Waals surface area contributed by atoms with Gasteiger partial charge in [-0.3, -0.25) is 24.5 Å². The molecule has 0 spiro atoms. The topological polar surface area (TPSA) is 139 Å². The van der Waals surface area contributed by atoms with Crippen LogP contribution in [0.3, 0.4) is 0 Å². The number of nitrogens with one attached hydrogen (secondary N) is 2. The maximum absolute atomic E-state index is 12.7. The van der Waals surface area contributed by atoms with Gasteiger partial charge in [-0.15, -0.1) is 0 Å².